The lowest BCUT2D eigenvalue weighted by molar-refractivity contribution is -0.122. The van der Waals surface area contributed by atoms with E-state index in [2.05, 4.69) is 30.5 Å². The maximum absolute atomic E-state index is 12.8. The quantitative estimate of drug-likeness (QED) is 0.549. The maximum Gasteiger partial charge on any atom is 0.243 e. The summed E-state index contributed by atoms with van der Waals surface area (Å²) >= 11 is 1.52. The summed E-state index contributed by atoms with van der Waals surface area (Å²) in [5, 5.41) is 7.14. The first-order chi connectivity index (χ1) is 14.3. The average molecular weight is 413 g/mol. The number of methoxy groups -OCH3 is 1. The maximum atomic E-state index is 12.8. The highest BCUT2D eigenvalue weighted by atomic mass is 32.1. The van der Waals surface area contributed by atoms with Crippen LogP contribution in [0.2, 0.25) is 0 Å². The summed E-state index contributed by atoms with van der Waals surface area (Å²) in [6.07, 6.45) is 3.29. The molecule has 152 valence electrons. The van der Waals surface area contributed by atoms with Crippen molar-refractivity contribution < 1.29 is 9.53 Å². The normalized spacial score (nSPS) is 16.3. The topological polar surface area (TPSA) is 92.3 Å². The third-order valence-corrected chi connectivity index (χ3v) is 5.98. The summed E-state index contributed by atoms with van der Waals surface area (Å²) in [6, 6.07) is 9.73. The molecule has 1 amide bonds. The molecule has 2 N–H and O–H groups in total. The van der Waals surface area contributed by atoms with Crippen LogP contribution in [0.5, 0.6) is 0 Å². The Morgan fingerprint density at radius 2 is 2.17 bits per heavy atom. The van der Waals surface area contributed by atoms with Gasteiger partial charge in [-0.15, -0.1) is 0 Å². The van der Waals surface area contributed by atoms with Gasteiger partial charge in [-0.05, 0) is 18.4 Å². The molecule has 1 aliphatic rings. The molecule has 0 saturated carbocycles. The molecule has 0 bridgehead atoms. The highest BCUT2D eigenvalue weighted by Crippen LogP contribution is 2.35. The lowest BCUT2D eigenvalue weighted by atomic mass is 10.2. The van der Waals surface area contributed by atoms with Crippen molar-refractivity contribution in [1.82, 2.24) is 20.3 Å². The van der Waals surface area contributed by atoms with Crippen LogP contribution in [0.1, 0.15) is 18.4 Å². The van der Waals surface area contributed by atoms with Crippen LogP contribution in [0.3, 0.4) is 0 Å². The molecule has 0 aliphatic carbocycles. The van der Waals surface area contributed by atoms with E-state index in [-0.39, 0.29) is 11.9 Å². The van der Waals surface area contributed by atoms with Crippen LogP contribution in [-0.2, 0) is 16.1 Å². The Morgan fingerprint density at radius 3 is 3.00 bits per heavy atom. The van der Waals surface area contributed by atoms with E-state index in [0.717, 1.165) is 40.6 Å². The molecule has 1 atom stereocenters. The molecule has 3 aromatic rings. The van der Waals surface area contributed by atoms with Gasteiger partial charge in [0, 0.05) is 26.7 Å². The molecular weight excluding hydrogens is 388 g/mol. The Balaban J connectivity index is 1.48. The molecule has 8 nitrogen and oxygen atoms in total. The van der Waals surface area contributed by atoms with Crippen molar-refractivity contribution in [3.63, 3.8) is 0 Å². The third kappa shape index (κ3) is 4.46. The number of benzene rings is 1. The average Bonchev–Trinajstić information content (AvgIpc) is 3.40. The van der Waals surface area contributed by atoms with Crippen molar-refractivity contribution in [1.29, 1.82) is 0 Å². The van der Waals surface area contributed by atoms with E-state index in [1.165, 1.54) is 17.7 Å². The van der Waals surface area contributed by atoms with Crippen molar-refractivity contribution in [2.45, 2.75) is 25.4 Å². The van der Waals surface area contributed by atoms with E-state index in [0.29, 0.717) is 25.3 Å². The van der Waals surface area contributed by atoms with Crippen molar-refractivity contribution in [2.75, 3.05) is 37.0 Å². The Morgan fingerprint density at radius 1 is 1.31 bits per heavy atom. The molecule has 0 radical (unpaired) electrons. The number of rotatable bonds is 8. The molecule has 29 heavy (non-hydrogen) atoms. The van der Waals surface area contributed by atoms with Gasteiger partial charge < -0.3 is 20.3 Å². The Hall–Kier alpha value is -2.78. The summed E-state index contributed by atoms with van der Waals surface area (Å²) in [5.41, 5.74) is 1.74. The predicted molar refractivity (Wildman–Crippen MR) is 114 cm³/mol. The molecule has 1 saturated heterocycles. The number of hydrogen-bond donors (Lipinski definition) is 2. The number of thiazole rings is 1. The number of ether oxygens (including phenoxy) is 1. The van der Waals surface area contributed by atoms with E-state index >= 15 is 0 Å². The van der Waals surface area contributed by atoms with Crippen LogP contribution in [0.15, 0.2) is 36.7 Å². The molecule has 0 unspecified atom stereocenters. The Kier molecular flexibility index (Phi) is 6.16. The van der Waals surface area contributed by atoms with E-state index in [4.69, 9.17) is 4.74 Å². The Bertz CT molecular complexity index is 964. The van der Waals surface area contributed by atoms with Crippen LogP contribution >= 0.6 is 11.3 Å². The largest absolute Gasteiger partial charge is 0.383 e. The van der Waals surface area contributed by atoms with E-state index in [1.807, 2.05) is 30.3 Å². The zero-order chi connectivity index (χ0) is 20.1. The van der Waals surface area contributed by atoms with Crippen LogP contribution in [0.4, 0.5) is 10.9 Å². The standard InChI is InChI=1S/C20H24N6O2S/c1-28-11-9-21-17-16-18(24-13-23-17)25-20(29-16)26-10-5-8-15(26)19(27)22-12-14-6-3-2-4-7-14/h2-4,6-7,13,15H,5,8-12H2,1H3,(H,22,27)(H,21,23,24)/t15-/m1/s1. The van der Waals surface area contributed by atoms with Crippen molar-refractivity contribution in [2.24, 2.45) is 0 Å². The number of carbonyl (C=O) groups is 1. The SMILES string of the molecule is COCCNc1ncnc2nc(N3CCC[C@@H]3C(=O)NCc3ccccc3)sc12. The lowest BCUT2D eigenvalue weighted by Gasteiger charge is -2.23. The van der Waals surface area contributed by atoms with Crippen LogP contribution in [0.25, 0.3) is 10.3 Å². The molecule has 1 fully saturated rings. The number of amides is 1. The molecule has 9 heteroatoms. The van der Waals surface area contributed by atoms with E-state index in [1.54, 1.807) is 7.11 Å². The number of fused-ring (bicyclic) bond motifs is 1. The fourth-order valence-electron chi connectivity index (χ4n) is 3.43. The third-order valence-electron chi connectivity index (χ3n) is 4.89. The molecule has 1 aromatic carbocycles. The minimum Gasteiger partial charge on any atom is -0.383 e. The van der Waals surface area contributed by atoms with Crippen molar-refractivity contribution in [3.05, 3.63) is 42.2 Å². The number of hydrogen-bond acceptors (Lipinski definition) is 8. The molecule has 4 rings (SSSR count). The first kappa shape index (κ1) is 19.5. The zero-order valence-electron chi connectivity index (χ0n) is 16.3. The van der Waals surface area contributed by atoms with Crippen LogP contribution < -0.4 is 15.5 Å². The fourth-order valence-corrected chi connectivity index (χ4v) is 4.50. The fraction of sp³-hybridized carbons (Fsp3) is 0.400. The van der Waals surface area contributed by atoms with Gasteiger partial charge in [0.2, 0.25) is 5.91 Å². The summed E-state index contributed by atoms with van der Waals surface area (Å²) in [5.74, 6) is 0.787. The molecule has 3 heterocycles. The van der Waals surface area contributed by atoms with Gasteiger partial charge in [-0.3, -0.25) is 4.79 Å². The van der Waals surface area contributed by atoms with Gasteiger partial charge in [0.05, 0.1) is 6.61 Å². The summed E-state index contributed by atoms with van der Waals surface area (Å²) < 4.78 is 5.98. The van der Waals surface area contributed by atoms with Gasteiger partial charge in [-0.2, -0.15) is 4.98 Å². The highest BCUT2D eigenvalue weighted by Gasteiger charge is 2.33. The second-order valence-corrected chi connectivity index (χ2v) is 7.82. The van der Waals surface area contributed by atoms with Gasteiger partial charge in [-0.1, -0.05) is 41.7 Å². The monoisotopic (exact) mass is 412 g/mol. The molecule has 0 spiro atoms. The summed E-state index contributed by atoms with van der Waals surface area (Å²) in [7, 11) is 1.67. The number of nitrogens with one attached hydrogen (secondary N) is 2. The van der Waals surface area contributed by atoms with Gasteiger partial charge in [0.25, 0.3) is 0 Å². The lowest BCUT2D eigenvalue weighted by Crippen LogP contribution is -2.43. The van der Waals surface area contributed by atoms with Gasteiger partial charge in [-0.25, -0.2) is 9.97 Å². The minimum atomic E-state index is -0.211. The number of anilines is 2. The van der Waals surface area contributed by atoms with Crippen molar-refractivity contribution >= 4 is 38.5 Å². The summed E-state index contributed by atoms with van der Waals surface area (Å²) in [4.78, 5) is 28.2. The van der Waals surface area contributed by atoms with Gasteiger partial charge in [0.15, 0.2) is 10.8 Å². The first-order valence-corrected chi connectivity index (χ1v) is 10.5. The predicted octanol–water partition coefficient (Wildman–Crippen LogP) is 2.43. The van der Waals surface area contributed by atoms with Crippen LogP contribution in [0, 0.1) is 0 Å². The first-order valence-electron chi connectivity index (χ1n) is 9.69. The van der Waals surface area contributed by atoms with Gasteiger partial charge >= 0.3 is 0 Å². The number of carbonyl (C=O) groups excluding carboxylic acids is 1. The Labute approximate surface area is 173 Å². The van der Waals surface area contributed by atoms with Crippen LogP contribution in [-0.4, -0.2) is 53.7 Å². The highest BCUT2D eigenvalue weighted by molar-refractivity contribution is 7.22. The number of nitrogens with zero attached hydrogens (tertiary/aromatic N) is 4. The van der Waals surface area contributed by atoms with E-state index in [9.17, 15) is 4.79 Å². The van der Waals surface area contributed by atoms with E-state index < -0.39 is 0 Å². The minimum absolute atomic E-state index is 0.0372. The van der Waals surface area contributed by atoms with Gasteiger partial charge in [0.1, 0.15) is 22.9 Å². The summed E-state index contributed by atoms with van der Waals surface area (Å²) in [6.45, 7) is 2.59. The molecule has 2 aromatic heterocycles. The molecule has 1 aliphatic heterocycles. The molecular formula is C20H24N6O2S. The zero-order valence-corrected chi connectivity index (χ0v) is 17.1. The number of aromatic nitrogens is 3. The second kappa shape index (κ2) is 9.15. The van der Waals surface area contributed by atoms with Crippen molar-refractivity contribution in [3.8, 4) is 0 Å². The smallest absolute Gasteiger partial charge is 0.243 e. The second-order valence-electron chi connectivity index (χ2n) is 6.85.